The number of nitrogens with one attached hydrogen (secondary N) is 2. The number of H-pyrrole nitrogens is 1. The summed E-state index contributed by atoms with van der Waals surface area (Å²) in [6.07, 6.45) is 0. The fraction of sp³-hybridized carbons (Fsp3) is 0.150. The maximum Gasteiger partial charge on any atom is 0.341 e. The highest BCUT2D eigenvalue weighted by molar-refractivity contribution is 5.75. The van der Waals surface area contributed by atoms with Crippen molar-refractivity contribution in [1.29, 1.82) is 0 Å². The first-order valence-electron chi connectivity index (χ1n) is 9.01. The Hall–Kier alpha value is -4.05. The van der Waals surface area contributed by atoms with Gasteiger partial charge in [-0.15, -0.1) is 0 Å². The molecule has 0 bridgehead atoms. The Bertz CT molecular complexity index is 1110. The zero-order valence-corrected chi connectivity index (χ0v) is 16.1. The van der Waals surface area contributed by atoms with E-state index in [0.717, 1.165) is 11.1 Å². The van der Waals surface area contributed by atoms with Gasteiger partial charge in [-0.2, -0.15) is 0 Å². The van der Waals surface area contributed by atoms with Crippen molar-refractivity contribution in [3.8, 4) is 34.0 Å². The molecule has 0 saturated carbocycles. The number of nitrogens with two attached hydrogens (primary N) is 2. The second kappa shape index (κ2) is 8.97. The molecular weight excluding hydrogens is 390 g/mol. The van der Waals surface area contributed by atoms with Crippen molar-refractivity contribution in [3.05, 3.63) is 52.8 Å². The normalized spacial score (nSPS) is 10.5. The average molecular weight is 411 g/mol. The number of aromatic amines is 1. The molecule has 3 aromatic rings. The van der Waals surface area contributed by atoms with Crippen LogP contribution in [0.5, 0.6) is 11.5 Å². The van der Waals surface area contributed by atoms with Gasteiger partial charge in [0.05, 0.1) is 12.2 Å². The molecule has 0 fully saturated rings. The summed E-state index contributed by atoms with van der Waals surface area (Å²) in [5.41, 5.74) is 9.63. The summed E-state index contributed by atoms with van der Waals surface area (Å²) in [6.45, 7) is 1.84. The fourth-order valence-electron chi connectivity index (χ4n) is 2.78. The van der Waals surface area contributed by atoms with Gasteiger partial charge in [0, 0.05) is 0 Å². The van der Waals surface area contributed by atoms with Gasteiger partial charge in [-0.3, -0.25) is 4.79 Å². The third-order valence-electron chi connectivity index (χ3n) is 4.18. The molecule has 0 unspecified atom stereocenters. The van der Waals surface area contributed by atoms with Crippen LogP contribution in [0.3, 0.4) is 0 Å². The van der Waals surface area contributed by atoms with Crippen molar-refractivity contribution in [1.82, 2.24) is 9.97 Å². The molecule has 10 nitrogen and oxygen atoms in total. The Morgan fingerprint density at radius 1 is 1.17 bits per heavy atom. The number of aromatic nitrogens is 2. The van der Waals surface area contributed by atoms with Gasteiger partial charge in [0.2, 0.25) is 0 Å². The maximum atomic E-state index is 12.1. The SMILES string of the molecule is CCOc1cc(-c2ccc(OCC(=O)O)cc2)ccc1-c1nc(NN)c(N)c(=O)[nH]1. The zero-order chi connectivity index (χ0) is 21.7. The number of rotatable bonds is 8. The van der Waals surface area contributed by atoms with Crippen LogP contribution in [0.1, 0.15) is 6.92 Å². The van der Waals surface area contributed by atoms with Crippen LogP contribution in [-0.4, -0.2) is 34.3 Å². The van der Waals surface area contributed by atoms with E-state index >= 15 is 0 Å². The molecule has 0 aliphatic heterocycles. The number of hydrazine groups is 1. The van der Waals surface area contributed by atoms with E-state index in [9.17, 15) is 9.59 Å². The molecule has 156 valence electrons. The number of benzene rings is 2. The van der Waals surface area contributed by atoms with Gasteiger partial charge >= 0.3 is 5.97 Å². The molecule has 0 atom stereocenters. The number of carboxylic acid groups (broad SMARTS) is 1. The van der Waals surface area contributed by atoms with Crippen molar-refractivity contribution < 1.29 is 19.4 Å². The number of carbonyl (C=O) groups is 1. The third-order valence-corrected chi connectivity index (χ3v) is 4.18. The van der Waals surface area contributed by atoms with Crippen molar-refractivity contribution in [2.45, 2.75) is 6.92 Å². The molecular formula is C20H21N5O5. The van der Waals surface area contributed by atoms with Crippen molar-refractivity contribution >= 4 is 17.5 Å². The Balaban J connectivity index is 1.97. The summed E-state index contributed by atoms with van der Waals surface area (Å²) in [5.74, 6) is 5.64. The molecule has 10 heteroatoms. The van der Waals surface area contributed by atoms with Crippen LogP contribution in [0.25, 0.3) is 22.5 Å². The van der Waals surface area contributed by atoms with Crippen molar-refractivity contribution in [3.63, 3.8) is 0 Å². The quantitative estimate of drug-likeness (QED) is 0.274. The van der Waals surface area contributed by atoms with Gasteiger partial charge in [0.15, 0.2) is 12.4 Å². The number of nitrogens with zero attached hydrogens (tertiary/aromatic N) is 1. The fourth-order valence-corrected chi connectivity index (χ4v) is 2.78. The van der Waals surface area contributed by atoms with Gasteiger partial charge < -0.3 is 30.7 Å². The number of anilines is 2. The lowest BCUT2D eigenvalue weighted by Crippen LogP contribution is -2.20. The van der Waals surface area contributed by atoms with Gasteiger partial charge in [-0.05, 0) is 42.3 Å². The zero-order valence-electron chi connectivity index (χ0n) is 16.1. The first-order valence-corrected chi connectivity index (χ1v) is 9.01. The molecule has 3 rings (SSSR count). The monoisotopic (exact) mass is 411 g/mol. The van der Waals surface area contributed by atoms with Crippen LogP contribution in [0, 0.1) is 0 Å². The highest BCUT2D eigenvalue weighted by Crippen LogP contribution is 2.33. The van der Waals surface area contributed by atoms with Crippen LogP contribution in [0.2, 0.25) is 0 Å². The lowest BCUT2D eigenvalue weighted by Gasteiger charge is -2.13. The second-order valence-corrected chi connectivity index (χ2v) is 6.17. The highest BCUT2D eigenvalue weighted by Gasteiger charge is 2.14. The Labute approximate surface area is 171 Å². The lowest BCUT2D eigenvalue weighted by atomic mass is 10.0. The Morgan fingerprint density at radius 2 is 1.87 bits per heavy atom. The molecule has 0 amide bonds. The molecule has 1 aromatic heterocycles. The number of nitrogen functional groups attached to an aromatic ring is 2. The Morgan fingerprint density at radius 3 is 2.50 bits per heavy atom. The van der Waals surface area contributed by atoms with Crippen LogP contribution >= 0.6 is 0 Å². The number of aliphatic carboxylic acids is 1. The van der Waals surface area contributed by atoms with Crippen molar-refractivity contribution in [2.75, 3.05) is 24.4 Å². The van der Waals surface area contributed by atoms with E-state index in [1.165, 1.54) is 0 Å². The van der Waals surface area contributed by atoms with E-state index < -0.39 is 18.1 Å². The minimum atomic E-state index is -1.04. The first-order chi connectivity index (χ1) is 14.4. The summed E-state index contributed by atoms with van der Waals surface area (Å²) < 4.78 is 10.9. The highest BCUT2D eigenvalue weighted by atomic mass is 16.5. The molecule has 0 aliphatic rings. The van der Waals surface area contributed by atoms with Crippen LogP contribution < -0.4 is 32.0 Å². The lowest BCUT2D eigenvalue weighted by molar-refractivity contribution is -0.139. The first kappa shape index (κ1) is 20.7. The van der Waals surface area contributed by atoms with Gasteiger partial charge in [-0.1, -0.05) is 18.2 Å². The van der Waals surface area contributed by atoms with E-state index in [1.54, 1.807) is 18.2 Å². The predicted molar refractivity (Wildman–Crippen MR) is 112 cm³/mol. The molecule has 30 heavy (non-hydrogen) atoms. The summed E-state index contributed by atoms with van der Waals surface area (Å²) in [4.78, 5) is 29.6. The van der Waals surface area contributed by atoms with Crippen LogP contribution in [0.4, 0.5) is 11.5 Å². The molecule has 0 aliphatic carbocycles. The van der Waals surface area contributed by atoms with E-state index in [4.69, 9.17) is 26.2 Å². The maximum absolute atomic E-state index is 12.1. The van der Waals surface area contributed by atoms with Gasteiger partial charge in [0.1, 0.15) is 23.0 Å². The van der Waals surface area contributed by atoms with E-state index in [2.05, 4.69) is 15.4 Å². The van der Waals surface area contributed by atoms with E-state index in [1.807, 2.05) is 31.2 Å². The number of carboxylic acids is 1. The summed E-state index contributed by atoms with van der Waals surface area (Å²) in [5, 5.41) is 8.69. The third kappa shape index (κ3) is 4.50. The van der Waals surface area contributed by atoms with Gasteiger partial charge in [-0.25, -0.2) is 15.6 Å². The molecule has 7 N–H and O–H groups in total. The standard InChI is InChI=1S/C20H21N5O5/c1-2-29-15-9-12(11-3-6-13(7-4-11)30-10-16(26)27)5-8-14(15)18-23-19(25-22)17(21)20(28)24-18/h3-9H,2,10,21-22H2,1H3,(H,26,27)(H2,23,24,25,28). The minimum absolute atomic E-state index is 0.0669. The largest absolute Gasteiger partial charge is 0.493 e. The number of hydrogen-bond donors (Lipinski definition) is 5. The second-order valence-electron chi connectivity index (χ2n) is 6.17. The topological polar surface area (TPSA) is 166 Å². The molecule has 0 saturated heterocycles. The van der Waals surface area contributed by atoms with E-state index in [0.29, 0.717) is 23.7 Å². The van der Waals surface area contributed by atoms with E-state index in [-0.39, 0.29) is 17.3 Å². The number of hydrogen-bond acceptors (Lipinski definition) is 8. The molecule has 0 spiro atoms. The van der Waals surface area contributed by atoms with Gasteiger partial charge in [0.25, 0.3) is 5.56 Å². The summed E-state index contributed by atoms with van der Waals surface area (Å²) >= 11 is 0. The van der Waals surface area contributed by atoms with Crippen LogP contribution in [-0.2, 0) is 4.79 Å². The average Bonchev–Trinajstić information content (AvgIpc) is 2.74. The van der Waals surface area contributed by atoms with Crippen molar-refractivity contribution in [2.24, 2.45) is 5.84 Å². The van der Waals surface area contributed by atoms with Crippen LogP contribution in [0.15, 0.2) is 47.3 Å². The number of ether oxygens (including phenoxy) is 2. The smallest absolute Gasteiger partial charge is 0.341 e. The molecule has 1 heterocycles. The molecule has 0 radical (unpaired) electrons. The molecule has 2 aromatic carbocycles. The Kier molecular flexibility index (Phi) is 6.18. The summed E-state index contributed by atoms with van der Waals surface area (Å²) in [6, 6.07) is 12.4. The predicted octanol–water partition coefficient (Wildman–Crippen LogP) is 1.83. The summed E-state index contributed by atoms with van der Waals surface area (Å²) in [7, 11) is 0. The minimum Gasteiger partial charge on any atom is -0.493 e.